The second-order valence-electron chi connectivity index (χ2n) is 7.51. The molecule has 2 aromatic rings. The van der Waals surface area contributed by atoms with Crippen molar-refractivity contribution in [2.75, 3.05) is 13.1 Å². The quantitative estimate of drug-likeness (QED) is 0.728. The van der Waals surface area contributed by atoms with Crippen LogP contribution in [0.25, 0.3) is 0 Å². The number of carboxylic acids is 1. The first-order valence-corrected chi connectivity index (χ1v) is 10.8. The molecule has 1 fully saturated rings. The van der Waals surface area contributed by atoms with Crippen LogP contribution in [0.3, 0.4) is 0 Å². The molecule has 0 aromatic carbocycles. The van der Waals surface area contributed by atoms with Crippen LogP contribution < -0.4 is 0 Å². The molecule has 0 spiro atoms. The van der Waals surface area contributed by atoms with Crippen LogP contribution in [0, 0.1) is 0 Å². The summed E-state index contributed by atoms with van der Waals surface area (Å²) in [5.41, 5.74) is 2.51. The summed E-state index contributed by atoms with van der Waals surface area (Å²) in [6.45, 7) is 13.9. The Morgan fingerprint density at radius 3 is 1.70 bits per heavy atom. The van der Waals surface area contributed by atoms with Gasteiger partial charge in [0, 0.05) is 24.5 Å². The number of rotatable bonds is 4. The highest BCUT2D eigenvalue weighted by Gasteiger charge is 2.20. The zero-order valence-corrected chi connectivity index (χ0v) is 19.1. The number of nitrogens with zero attached hydrogens (tertiary/aromatic N) is 3. The molecule has 0 aliphatic carbocycles. The standard InChI is InChI=1S/C13H18N2O.C9H11NO2.C2H6/c1-10(2)11-6-5-7-12(14-11)13(16)15-8-3-4-9-15;1-6(2)7-4-3-5-8(10-7)9(11)12;1-2/h5-7,10H,3-4,8-9H2,1-2H3;3-6H,1-2H3,(H,11,12);1-2H3. The van der Waals surface area contributed by atoms with E-state index in [1.54, 1.807) is 6.07 Å². The predicted molar refractivity (Wildman–Crippen MR) is 120 cm³/mol. The number of aromatic nitrogens is 2. The van der Waals surface area contributed by atoms with Crippen molar-refractivity contribution in [1.29, 1.82) is 0 Å². The Morgan fingerprint density at radius 2 is 1.27 bits per heavy atom. The van der Waals surface area contributed by atoms with Gasteiger partial charge in [-0.3, -0.25) is 4.79 Å². The average Bonchev–Trinajstić information content (AvgIpc) is 3.30. The number of pyridine rings is 2. The van der Waals surface area contributed by atoms with Crippen LogP contribution in [-0.4, -0.2) is 44.9 Å². The van der Waals surface area contributed by atoms with E-state index in [9.17, 15) is 9.59 Å². The molecule has 30 heavy (non-hydrogen) atoms. The summed E-state index contributed by atoms with van der Waals surface area (Å²) >= 11 is 0. The van der Waals surface area contributed by atoms with E-state index in [0.717, 1.165) is 37.3 Å². The van der Waals surface area contributed by atoms with Gasteiger partial charge in [-0.25, -0.2) is 14.8 Å². The second-order valence-corrected chi connectivity index (χ2v) is 7.51. The fraction of sp³-hybridized carbons (Fsp3) is 0.500. The minimum Gasteiger partial charge on any atom is -0.477 e. The first-order chi connectivity index (χ1) is 14.3. The molecule has 1 aliphatic rings. The van der Waals surface area contributed by atoms with Crippen molar-refractivity contribution in [2.45, 2.75) is 66.2 Å². The molecule has 1 amide bonds. The highest BCUT2D eigenvalue weighted by Crippen LogP contribution is 2.15. The normalized spacial score (nSPS) is 12.7. The molecule has 0 unspecified atom stereocenters. The van der Waals surface area contributed by atoms with Gasteiger partial charge in [0.2, 0.25) is 0 Å². The maximum absolute atomic E-state index is 12.1. The van der Waals surface area contributed by atoms with Gasteiger partial charge in [0.15, 0.2) is 0 Å². The maximum atomic E-state index is 12.1. The Balaban J connectivity index is 0.000000287. The average molecular weight is 414 g/mol. The number of amides is 1. The minimum atomic E-state index is -0.975. The highest BCUT2D eigenvalue weighted by atomic mass is 16.4. The Kier molecular flexibility index (Phi) is 10.7. The summed E-state index contributed by atoms with van der Waals surface area (Å²) in [5, 5.41) is 8.63. The van der Waals surface area contributed by atoms with E-state index in [4.69, 9.17) is 5.11 Å². The first kappa shape index (κ1) is 25.3. The molecule has 1 N–H and O–H groups in total. The molecular weight excluding hydrogens is 378 g/mol. The van der Waals surface area contributed by atoms with Gasteiger partial charge in [0.1, 0.15) is 11.4 Å². The van der Waals surface area contributed by atoms with Crippen molar-refractivity contribution in [1.82, 2.24) is 14.9 Å². The van der Waals surface area contributed by atoms with Crippen LogP contribution >= 0.6 is 0 Å². The molecule has 2 aromatic heterocycles. The molecule has 6 heteroatoms. The van der Waals surface area contributed by atoms with Gasteiger partial charge in [-0.05, 0) is 48.9 Å². The lowest BCUT2D eigenvalue weighted by molar-refractivity contribution is 0.0689. The smallest absolute Gasteiger partial charge is 0.354 e. The third-order valence-electron chi connectivity index (χ3n) is 4.56. The summed E-state index contributed by atoms with van der Waals surface area (Å²) in [7, 11) is 0. The van der Waals surface area contributed by atoms with Crippen molar-refractivity contribution in [3.05, 3.63) is 59.2 Å². The van der Waals surface area contributed by atoms with Gasteiger partial charge in [-0.2, -0.15) is 0 Å². The molecule has 0 atom stereocenters. The fourth-order valence-corrected chi connectivity index (χ4v) is 2.87. The molecule has 6 nitrogen and oxygen atoms in total. The Bertz CT molecular complexity index is 813. The summed E-state index contributed by atoms with van der Waals surface area (Å²) < 4.78 is 0. The molecule has 1 aliphatic heterocycles. The first-order valence-electron chi connectivity index (χ1n) is 10.8. The molecule has 3 heterocycles. The van der Waals surface area contributed by atoms with Gasteiger partial charge in [0.25, 0.3) is 5.91 Å². The summed E-state index contributed by atoms with van der Waals surface area (Å²) in [4.78, 5) is 32.9. The topological polar surface area (TPSA) is 83.4 Å². The lowest BCUT2D eigenvalue weighted by Crippen LogP contribution is -2.28. The van der Waals surface area contributed by atoms with E-state index < -0.39 is 5.97 Å². The Labute approximate surface area is 180 Å². The molecule has 0 radical (unpaired) electrons. The van der Waals surface area contributed by atoms with Crippen LogP contribution in [-0.2, 0) is 0 Å². The van der Waals surface area contributed by atoms with E-state index >= 15 is 0 Å². The number of carbonyl (C=O) groups is 2. The highest BCUT2D eigenvalue weighted by molar-refractivity contribution is 5.92. The Hall–Kier alpha value is -2.76. The van der Waals surface area contributed by atoms with Gasteiger partial charge >= 0.3 is 5.97 Å². The van der Waals surface area contributed by atoms with Crippen molar-refractivity contribution < 1.29 is 14.7 Å². The fourth-order valence-electron chi connectivity index (χ4n) is 2.87. The SMILES string of the molecule is CC.CC(C)c1cccc(C(=O)N2CCCC2)n1.CC(C)c1cccc(C(=O)O)n1. The zero-order chi connectivity index (χ0) is 22.7. The van der Waals surface area contributed by atoms with Crippen LogP contribution in [0.2, 0.25) is 0 Å². The molecule has 0 bridgehead atoms. The number of carbonyl (C=O) groups excluding carboxylic acids is 1. The lowest BCUT2D eigenvalue weighted by atomic mass is 10.1. The zero-order valence-electron chi connectivity index (χ0n) is 19.1. The van der Waals surface area contributed by atoms with Crippen molar-refractivity contribution in [3.8, 4) is 0 Å². The van der Waals surface area contributed by atoms with Gasteiger partial charge in [-0.1, -0.05) is 53.7 Å². The molecular formula is C24H35N3O3. The van der Waals surface area contributed by atoms with E-state index in [1.807, 2.05) is 56.9 Å². The van der Waals surface area contributed by atoms with E-state index in [2.05, 4.69) is 23.8 Å². The maximum Gasteiger partial charge on any atom is 0.354 e. The van der Waals surface area contributed by atoms with Crippen LogP contribution in [0.15, 0.2) is 36.4 Å². The van der Waals surface area contributed by atoms with Crippen molar-refractivity contribution in [3.63, 3.8) is 0 Å². The van der Waals surface area contributed by atoms with Gasteiger partial charge in [-0.15, -0.1) is 0 Å². The largest absolute Gasteiger partial charge is 0.477 e. The molecule has 0 saturated carbocycles. The number of likely N-dealkylation sites (tertiary alicyclic amines) is 1. The molecule has 3 rings (SSSR count). The van der Waals surface area contributed by atoms with E-state index in [-0.39, 0.29) is 17.5 Å². The van der Waals surface area contributed by atoms with Gasteiger partial charge < -0.3 is 10.0 Å². The van der Waals surface area contributed by atoms with Gasteiger partial charge in [0.05, 0.1) is 0 Å². The number of aromatic carboxylic acids is 1. The molecule has 164 valence electrons. The van der Waals surface area contributed by atoms with Crippen LogP contribution in [0.5, 0.6) is 0 Å². The summed E-state index contributed by atoms with van der Waals surface area (Å²) in [6, 6.07) is 10.8. The Morgan fingerprint density at radius 1 is 0.833 bits per heavy atom. The molecule has 1 saturated heterocycles. The van der Waals surface area contributed by atoms with Crippen molar-refractivity contribution >= 4 is 11.9 Å². The minimum absolute atomic E-state index is 0.0833. The monoisotopic (exact) mass is 413 g/mol. The van der Waals surface area contributed by atoms with Crippen LogP contribution in [0.4, 0.5) is 0 Å². The second kappa shape index (κ2) is 12.7. The summed E-state index contributed by atoms with van der Waals surface area (Å²) in [5.74, 6) is -0.256. The number of hydrogen-bond donors (Lipinski definition) is 1. The lowest BCUT2D eigenvalue weighted by Gasteiger charge is -2.15. The van der Waals surface area contributed by atoms with Crippen molar-refractivity contribution in [2.24, 2.45) is 0 Å². The summed E-state index contributed by atoms with van der Waals surface area (Å²) in [6.07, 6.45) is 2.24. The number of hydrogen-bond acceptors (Lipinski definition) is 4. The number of carboxylic acid groups (broad SMARTS) is 1. The van der Waals surface area contributed by atoms with Crippen LogP contribution in [0.1, 0.15) is 98.6 Å². The predicted octanol–water partition coefficient (Wildman–Crippen LogP) is 5.37. The third kappa shape index (κ3) is 7.58. The van der Waals surface area contributed by atoms with E-state index in [1.165, 1.54) is 6.07 Å². The van der Waals surface area contributed by atoms with E-state index in [0.29, 0.717) is 11.6 Å². The third-order valence-corrected chi connectivity index (χ3v) is 4.56.